The summed E-state index contributed by atoms with van der Waals surface area (Å²) in [5.41, 5.74) is 1.36. The Balaban J connectivity index is 1.70. The standard InChI is InChI=1S/C11H12N4O2/c16-11(10-7-12-4-5-13-10)14-3-1-2-9-6-15-17-8-9/h4-8H,1-3H2,(H,14,16). The van der Waals surface area contributed by atoms with E-state index in [1.807, 2.05) is 0 Å². The van der Waals surface area contributed by atoms with E-state index in [0.717, 1.165) is 18.4 Å². The third-order valence-electron chi connectivity index (χ3n) is 2.21. The van der Waals surface area contributed by atoms with Crippen LogP contribution < -0.4 is 5.32 Å². The molecule has 17 heavy (non-hydrogen) atoms. The van der Waals surface area contributed by atoms with Crippen LogP contribution in [-0.4, -0.2) is 27.6 Å². The second-order valence-electron chi connectivity index (χ2n) is 3.48. The van der Waals surface area contributed by atoms with Gasteiger partial charge in [-0.15, -0.1) is 0 Å². The quantitative estimate of drug-likeness (QED) is 0.772. The molecule has 0 saturated carbocycles. The van der Waals surface area contributed by atoms with Crippen molar-refractivity contribution in [2.45, 2.75) is 12.8 Å². The molecule has 0 saturated heterocycles. The van der Waals surface area contributed by atoms with E-state index in [-0.39, 0.29) is 5.91 Å². The van der Waals surface area contributed by atoms with Gasteiger partial charge in [0, 0.05) is 24.5 Å². The maximum Gasteiger partial charge on any atom is 0.271 e. The monoisotopic (exact) mass is 232 g/mol. The van der Waals surface area contributed by atoms with Gasteiger partial charge in [0.2, 0.25) is 0 Å². The molecule has 2 rings (SSSR count). The predicted molar refractivity (Wildman–Crippen MR) is 59.2 cm³/mol. The molecule has 2 aromatic rings. The molecule has 0 atom stereocenters. The van der Waals surface area contributed by atoms with Gasteiger partial charge in [-0.3, -0.25) is 9.78 Å². The SMILES string of the molecule is O=C(NCCCc1cnoc1)c1cnccn1. The van der Waals surface area contributed by atoms with Crippen molar-refractivity contribution in [3.63, 3.8) is 0 Å². The van der Waals surface area contributed by atoms with Gasteiger partial charge in [0.1, 0.15) is 12.0 Å². The molecule has 1 amide bonds. The Morgan fingerprint density at radius 2 is 2.29 bits per heavy atom. The number of aryl methyl sites for hydroxylation is 1. The Kier molecular flexibility index (Phi) is 3.80. The lowest BCUT2D eigenvalue weighted by Gasteiger charge is -2.02. The lowest BCUT2D eigenvalue weighted by Crippen LogP contribution is -2.25. The molecule has 0 bridgehead atoms. The number of rotatable bonds is 5. The highest BCUT2D eigenvalue weighted by molar-refractivity contribution is 5.91. The lowest BCUT2D eigenvalue weighted by molar-refractivity contribution is 0.0948. The summed E-state index contributed by atoms with van der Waals surface area (Å²) < 4.78 is 4.71. The van der Waals surface area contributed by atoms with Crippen LogP contribution in [0.4, 0.5) is 0 Å². The summed E-state index contributed by atoms with van der Waals surface area (Å²) in [5.74, 6) is -0.205. The Bertz CT molecular complexity index is 456. The molecule has 0 unspecified atom stereocenters. The van der Waals surface area contributed by atoms with Crippen LogP contribution in [-0.2, 0) is 6.42 Å². The van der Waals surface area contributed by atoms with E-state index in [4.69, 9.17) is 4.52 Å². The minimum absolute atomic E-state index is 0.205. The topological polar surface area (TPSA) is 80.9 Å². The van der Waals surface area contributed by atoms with Crippen LogP contribution >= 0.6 is 0 Å². The maximum absolute atomic E-state index is 11.6. The number of hydrogen-bond acceptors (Lipinski definition) is 5. The van der Waals surface area contributed by atoms with E-state index < -0.39 is 0 Å². The van der Waals surface area contributed by atoms with E-state index in [1.54, 1.807) is 12.5 Å². The first kappa shape index (κ1) is 11.3. The van der Waals surface area contributed by atoms with Crippen molar-refractivity contribution in [3.05, 3.63) is 42.3 Å². The van der Waals surface area contributed by atoms with Crippen molar-refractivity contribution in [2.75, 3.05) is 6.54 Å². The fraction of sp³-hybridized carbons (Fsp3) is 0.273. The zero-order valence-corrected chi connectivity index (χ0v) is 9.17. The van der Waals surface area contributed by atoms with E-state index in [9.17, 15) is 4.79 Å². The van der Waals surface area contributed by atoms with Gasteiger partial charge in [-0.1, -0.05) is 5.16 Å². The summed E-state index contributed by atoms with van der Waals surface area (Å²) in [7, 11) is 0. The summed E-state index contributed by atoms with van der Waals surface area (Å²) in [6.45, 7) is 0.584. The molecule has 0 aliphatic rings. The fourth-order valence-corrected chi connectivity index (χ4v) is 1.35. The van der Waals surface area contributed by atoms with Crippen LogP contribution in [0.25, 0.3) is 0 Å². The smallest absolute Gasteiger partial charge is 0.271 e. The third kappa shape index (κ3) is 3.37. The van der Waals surface area contributed by atoms with Gasteiger partial charge >= 0.3 is 0 Å². The number of nitrogens with zero attached hydrogens (tertiary/aromatic N) is 3. The molecule has 0 aliphatic heterocycles. The normalized spacial score (nSPS) is 10.1. The molecule has 0 radical (unpaired) electrons. The van der Waals surface area contributed by atoms with Crippen molar-refractivity contribution in [3.8, 4) is 0 Å². The summed E-state index contributed by atoms with van der Waals surface area (Å²) in [5, 5.41) is 6.37. The highest BCUT2D eigenvalue weighted by Crippen LogP contribution is 2.00. The van der Waals surface area contributed by atoms with Gasteiger partial charge in [-0.25, -0.2) is 4.98 Å². The largest absolute Gasteiger partial charge is 0.364 e. The van der Waals surface area contributed by atoms with Crippen molar-refractivity contribution >= 4 is 5.91 Å². The summed E-state index contributed by atoms with van der Waals surface area (Å²) in [6.07, 6.45) is 9.39. The first-order valence-electron chi connectivity index (χ1n) is 5.29. The summed E-state index contributed by atoms with van der Waals surface area (Å²) >= 11 is 0. The molecule has 0 spiro atoms. The highest BCUT2D eigenvalue weighted by Gasteiger charge is 2.05. The summed E-state index contributed by atoms with van der Waals surface area (Å²) in [6, 6.07) is 0. The van der Waals surface area contributed by atoms with Crippen molar-refractivity contribution < 1.29 is 9.32 Å². The molecule has 6 heteroatoms. The average Bonchev–Trinajstić information content (AvgIpc) is 2.88. The Labute approximate surface area is 98.1 Å². The zero-order valence-electron chi connectivity index (χ0n) is 9.17. The predicted octanol–water partition coefficient (Wildman–Crippen LogP) is 0.827. The van der Waals surface area contributed by atoms with Crippen LogP contribution in [0.5, 0.6) is 0 Å². The minimum atomic E-state index is -0.205. The third-order valence-corrected chi connectivity index (χ3v) is 2.21. The van der Waals surface area contributed by atoms with Gasteiger partial charge in [0.25, 0.3) is 5.91 Å². The molecule has 6 nitrogen and oxygen atoms in total. The highest BCUT2D eigenvalue weighted by atomic mass is 16.5. The van der Waals surface area contributed by atoms with Crippen molar-refractivity contribution in [1.82, 2.24) is 20.4 Å². The van der Waals surface area contributed by atoms with Crippen molar-refractivity contribution in [1.29, 1.82) is 0 Å². The molecule has 0 aliphatic carbocycles. The van der Waals surface area contributed by atoms with E-state index >= 15 is 0 Å². The molecule has 1 N–H and O–H groups in total. The zero-order chi connectivity index (χ0) is 11.9. The van der Waals surface area contributed by atoms with Gasteiger partial charge in [-0.05, 0) is 12.8 Å². The molecular weight excluding hydrogens is 220 g/mol. The summed E-state index contributed by atoms with van der Waals surface area (Å²) in [4.78, 5) is 19.3. The lowest BCUT2D eigenvalue weighted by atomic mass is 10.2. The Morgan fingerprint density at radius 3 is 3.00 bits per heavy atom. The Hall–Kier alpha value is -2.24. The second kappa shape index (κ2) is 5.74. The van der Waals surface area contributed by atoms with E-state index in [0.29, 0.717) is 12.2 Å². The van der Waals surface area contributed by atoms with Crippen molar-refractivity contribution in [2.24, 2.45) is 0 Å². The molecule has 2 aromatic heterocycles. The minimum Gasteiger partial charge on any atom is -0.364 e. The number of nitrogens with one attached hydrogen (secondary N) is 1. The van der Waals surface area contributed by atoms with Crippen LogP contribution in [0.3, 0.4) is 0 Å². The first-order valence-corrected chi connectivity index (χ1v) is 5.29. The first-order chi connectivity index (χ1) is 8.36. The maximum atomic E-state index is 11.6. The van der Waals surface area contributed by atoms with Gasteiger partial charge in [-0.2, -0.15) is 0 Å². The molecule has 0 fully saturated rings. The number of amides is 1. The van der Waals surface area contributed by atoms with E-state index in [2.05, 4.69) is 20.4 Å². The van der Waals surface area contributed by atoms with Gasteiger partial charge in [0.05, 0.1) is 12.4 Å². The number of hydrogen-bond donors (Lipinski definition) is 1. The number of carbonyl (C=O) groups is 1. The van der Waals surface area contributed by atoms with Crippen LogP contribution in [0, 0.1) is 0 Å². The second-order valence-corrected chi connectivity index (χ2v) is 3.48. The van der Waals surface area contributed by atoms with Crippen LogP contribution in [0.15, 0.2) is 35.6 Å². The van der Waals surface area contributed by atoms with Crippen LogP contribution in [0.2, 0.25) is 0 Å². The molecular formula is C11H12N4O2. The number of aromatic nitrogens is 3. The van der Waals surface area contributed by atoms with Gasteiger partial charge in [0.15, 0.2) is 0 Å². The Morgan fingerprint density at radius 1 is 1.35 bits per heavy atom. The van der Waals surface area contributed by atoms with Gasteiger partial charge < -0.3 is 9.84 Å². The van der Waals surface area contributed by atoms with E-state index in [1.165, 1.54) is 18.6 Å². The molecule has 0 aromatic carbocycles. The molecule has 88 valence electrons. The van der Waals surface area contributed by atoms with Crippen LogP contribution in [0.1, 0.15) is 22.5 Å². The molecule has 2 heterocycles. The average molecular weight is 232 g/mol. The fourth-order valence-electron chi connectivity index (χ4n) is 1.35. The number of carbonyl (C=O) groups excluding carboxylic acids is 1.